The normalized spacial score (nSPS) is 11.8. The summed E-state index contributed by atoms with van der Waals surface area (Å²) in [5.41, 5.74) is 2.07. The van der Waals surface area contributed by atoms with Crippen LogP contribution in [0.4, 0.5) is 0 Å². The van der Waals surface area contributed by atoms with Crippen LogP contribution in [0.25, 0.3) is 0 Å². The van der Waals surface area contributed by atoms with Gasteiger partial charge < -0.3 is 19.5 Å². The molecule has 0 aliphatic carbocycles. The van der Waals surface area contributed by atoms with Crippen LogP contribution in [0.15, 0.2) is 42.5 Å². The number of carbonyl (C=O) groups is 1. The van der Waals surface area contributed by atoms with Crippen LogP contribution in [0, 0.1) is 0 Å². The lowest BCUT2D eigenvalue weighted by molar-refractivity contribution is -0.125. The Morgan fingerprint density at radius 1 is 0.963 bits per heavy atom. The van der Waals surface area contributed by atoms with Gasteiger partial charge in [-0.15, -0.1) is 0 Å². The van der Waals surface area contributed by atoms with E-state index in [4.69, 9.17) is 14.2 Å². The van der Waals surface area contributed by atoms with Crippen LogP contribution in [-0.4, -0.2) is 45.2 Å². The van der Waals surface area contributed by atoms with Crippen molar-refractivity contribution in [3.8, 4) is 17.2 Å². The van der Waals surface area contributed by atoms with Crippen molar-refractivity contribution >= 4 is 5.91 Å². The summed E-state index contributed by atoms with van der Waals surface area (Å²) in [5, 5.41) is 2.98. The molecule has 1 atom stereocenters. The van der Waals surface area contributed by atoms with Crippen molar-refractivity contribution in [1.29, 1.82) is 0 Å². The molecule has 0 saturated carbocycles. The van der Waals surface area contributed by atoms with E-state index >= 15 is 0 Å². The molecule has 0 unspecified atom stereocenters. The molecule has 6 heteroatoms. The Labute approximate surface area is 161 Å². The SMILES string of the molecule is COc1ccc(CNC(=O)[C@H](C)N(C)Cc2ccc(OC)c(OC)c2)cc1. The number of ether oxygens (including phenoxy) is 3. The maximum atomic E-state index is 12.5. The zero-order valence-electron chi connectivity index (χ0n) is 16.6. The predicted octanol–water partition coefficient (Wildman–Crippen LogP) is 2.85. The van der Waals surface area contributed by atoms with Gasteiger partial charge in [0.2, 0.25) is 5.91 Å². The second-order valence-electron chi connectivity index (χ2n) is 6.35. The second-order valence-corrected chi connectivity index (χ2v) is 6.35. The van der Waals surface area contributed by atoms with E-state index in [0.717, 1.165) is 16.9 Å². The first-order valence-corrected chi connectivity index (χ1v) is 8.80. The molecule has 0 saturated heterocycles. The van der Waals surface area contributed by atoms with Gasteiger partial charge in [0, 0.05) is 13.1 Å². The Morgan fingerprint density at radius 3 is 2.19 bits per heavy atom. The molecular formula is C21H28N2O4. The number of methoxy groups -OCH3 is 3. The van der Waals surface area contributed by atoms with E-state index in [-0.39, 0.29) is 11.9 Å². The van der Waals surface area contributed by atoms with Gasteiger partial charge in [0.05, 0.1) is 27.4 Å². The highest BCUT2D eigenvalue weighted by atomic mass is 16.5. The zero-order chi connectivity index (χ0) is 19.8. The third-order valence-corrected chi connectivity index (χ3v) is 4.55. The first-order chi connectivity index (χ1) is 13.0. The van der Waals surface area contributed by atoms with Gasteiger partial charge in [-0.25, -0.2) is 0 Å². The Hall–Kier alpha value is -2.73. The number of carbonyl (C=O) groups excluding carboxylic acids is 1. The van der Waals surface area contributed by atoms with Crippen molar-refractivity contribution in [3.63, 3.8) is 0 Å². The topological polar surface area (TPSA) is 60.0 Å². The molecule has 1 N–H and O–H groups in total. The molecule has 27 heavy (non-hydrogen) atoms. The van der Waals surface area contributed by atoms with Gasteiger partial charge in [-0.2, -0.15) is 0 Å². The summed E-state index contributed by atoms with van der Waals surface area (Å²) >= 11 is 0. The van der Waals surface area contributed by atoms with Crippen molar-refractivity contribution in [2.45, 2.75) is 26.1 Å². The maximum Gasteiger partial charge on any atom is 0.237 e. The van der Waals surface area contributed by atoms with Gasteiger partial charge in [-0.05, 0) is 49.4 Å². The van der Waals surface area contributed by atoms with Crippen LogP contribution in [0.2, 0.25) is 0 Å². The molecule has 0 aliphatic heterocycles. The van der Waals surface area contributed by atoms with Gasteiger partial charge >= 0.3 is 0 Å². The number of likely N-dealkylation sites (N-methyl/N-ethyl adjacent to an activating group) is 1. The van der Waals surface area contributed by atoms with E-state index in [0.29, 0.717) is 24.6 Å². The van der Waals surface area contributed by atoms with Crippen LogP contribution in [0.5, 0.6) is 17.2 Å². The van der Waals surface area contributed by atoms with E-state index < -0.39 is 0 Å². The van der Waals surface area contributed by atoms with Gasteiger partial charge in [-0.3, -0.25) is 9.69 Å². The van der Waals surface area contributed by atoms with Gasteiger partial charge in [0.25, 0.3) is 0 Å². The molecule has 0 radical (unpaired) electrons. The summed E-state index contributed by atoms with van der Waals surface area (Å²) < 4.78 is 15.7. The van der Waals surface area contributed by atoms with Crippen LogP contribution >= 0.6 is 0 Å². The van der Waals surface area contributed by atoms with E-state index in [1.807, 2.05) is 61.3 Å². The monoisotopic (exact) mass is 372 g/mol. The summed E-state index contributed by atoms with van der Waals surface area (Å²) in [7, 11) is 6.78. The number of nitrogens with one attached hydrogen (secondary N) is 1. The molecule has 0 fully saturated rings. The number of hydrogen-bond donors (Lipinski definition) is 1. The molecule has 1 amide bonds. The molecule has 0 aliphatic rings. The molecule has 6 nitrogen and oxygen atoms in total. The predicted molar refractivity (Wildman–Crippen MR) is 105 cm³/mol. The number of nitrogens with zero attached hydrogens (tertiary/aromatic N) is 1. The lowest BCUT2D eigenvalue weighted by atomic mass is 10.1. The average molecular weight is 372 g/mol. The second kappa shape index (κ2) is 9.83. The fourth-order valence-corrected chi connectivity index (χ4v) is 2.68. The highest BCUT2D eigenvalue weighted by Gasteiger charge is 2.18. The number of hydrogen-bond acceptors (Lipinski definition) is 5. The van der Waals surface area contributed by atoms with Crippen LogP contribution in [0.3, 0.4) is 0 Å². The summed E-state index contributed by atoms with van der Waals surface area (Å²) in [6.45, 7) is 3.00. The van der Waals surface area contributed by atoms with Crippen molar-refractivity contribution in [3.05, 3.63) is 53.6 Å². The van der Waals surface area contributed by atoms with Crippen LogP contribution < -0.4 is 19.5 Å². The third kappa shape index (κ3) is 5.62. The lowest BCUT2D eigenvalue weighted by Gasteiger charge is -2.24. The third-order valence-electron chi connectivity index (χ3n) is 4.55. The standard InChI is InChI=1S/C21H28N2O4/c1-15(21(24)22-13-16-6-9-18(25-3)10-7-16)23(2)14-17-8-11-19(26-4)20(12-17)27-5/h6-12,15H,13-14H2,1-5H3,(H,22,24)/t15-/m0/s1. The molecule has 2 rings (SSSR count). The number of benzene rings is 2. The number of rotatable bonds is 9. The fourth-order valence-electron chi connectivity index (χ4n) is 2.68. The minimum Gasteiger partial charge on any atom is -0.497 e. The van der Waals surface area contributed by atoms with E-state index in [9.17, 15) is 4.79 Å². The summed E-state index contributed by atoms with van der Waals surface area (Å²) in [6.07, 6.45) is 0. The largest absolute Gasteiger partial charge is 0.497 e. The van der Waals surface area contributed by atoms with Gasteiger partial charge in [-0.1, -0.05) is 18.2 Å². The molecular weight excluding hydrogens is 344 g/mol. The summed E-state index contributed by atoms with van der Waals surface area (Å²) in [4.78, 5) is 14.5. The zero-order valence-corrected chi connectivity index (χ0v) is 16.6. The van der Waals surface area contributed by atoms with Gasteiger partial charge in [0.15, 0.2) is 11.5 Å². The van der Waals surface area contributed by atoms with Crippen LogP contribution in [0.1, 0.15) is 18.1 Å². The molecule has 2 aromatic carbocycles. The summed E-state index contributed by atoms with van der Waals surface area (Å²) in [6, 6.07) is 13.2. The molecule has 0 bridgehead atoms. The molecule has 0 heterocycles. The highest BCUT2D eigenvalue weighted by Crippen LogP contribution is 2.28. The van der Waals surface area contributed by atoms with Gasteiger partial charge in [0.1, 0.15) is 5.75 Å². The van der Waals surface area contributed by atoms with Crippen molar-refractivity contribution < 1.29 is 19.0 Å². The minimum atomic E-state index is -0.267. The first-order valence-electron chi connectivity index (χ1n) is 8.80. The highest BCUT2D eigenvalue weighted by molar-refractivity contribution is 5.81. The Kier molecular flexibility index (Phi) is 7.49. The number of amides is 1. The average Bonchev–Trinajstić information content (AvgIpc) is 2.71. The van der Waals surface area contributed by atoms with E-state index in [1.165, 1.54) is 0 Å². The maximum absolute atomic E-state index is 12.5. The summed E-state index contributed by atoms with van der Waals surface area (Å²) in [5.74, 6) is 2.15. The Bertz CT molecular complexity index is 746. The quantitative estimate of drug-likeness (QED) is 0.733. The minimum absolute atomic E-state index is 0.0196. The van der Waals surface area contributed by atoms with Crippen molar-refractivity contribution in [1.82, 2.24) is 10.2 Å². The fraction of sp³-hybridized carbons (Fsp3) is 0.381. The molecule has 0 aromatic heterocycles. The molecule has 2 aromatic rings. The Morgan fingerprint density at radius 2 is 1.59 bits per heavy atom. The Balaban J connectivity index is 1.91. The lowest BCUT2D eigenvalue weighted by Crippen LogP contribution is -2.42. The van der Waals surface area contributed by atoms with Crippen LogP contribution in [-0.2, 0) is 17.9 Å². The van der Waals surface area contributed by atoms with E-state index in [2.05, 4.69) is 5.32 Å². The van der Waals surface area contributed by atoms with Crippen molar-refractivity contribution in [2.75, 3.05) is 28.4 Å². The molecule has 0 spiro atoms. The smallest absolute Gasteiger partial charge is 0.237 e. The molecule has 146 valence electrons. The first kappa shape index (κ1) is 20.6. The van der Waals surface area contributed by atoms with Crippen molar-refractivity contribution in [2.24, 2.45) is 0 Å². The van der Waals surface area contributed by atoms with E-state index in [1.54, 1.807) is 21.3 Å².